The molecule has 1 N–H and O–H groups in total. The second-order valence-corrected chi connectivity index (χ2v) is 8.61. The third kappa shape index (κ3) is 4.82. The number of amides is 1. The van der Waals surface area contributed by atoms with Gasteiger partial charge in [0.05, 0.1) is 10.7 Å². The Labute approximate surface area is 154 Å². The maximum atomic E-state index is 12.2. The van der Waals surface area contributed by atoms with Crippen LogP contribution in [-0.4, -0.2) is 24.0 Å². The molecule has 0 atom stereocenters. The van der Waals surface area contributed by atoms with E-state index < -0.39 is 0 Å². The van der Waals surface area contributed by atoms with Crippen LogP contribution in [0.2, 0.25) is 0 Å². The number of nitrogens with one attached hydrogen (secondary N) is 1. The van der Waals surface area contributed by atoms with E-state index in [0.717, 1.165) is 29.5 Å². The van der Waals surface area contributed by atoms with Gasteiger partial charge in [0.25, 0.3) is 0 Å². The molecule has 1 aliphatic rings. The largest absolute Gasteiger partial charge is 0.372 e. The monoisotopic (exact) mass is 357 g/mol. The van der Waals surface area contributed by atoms with Crippen LogP contribution in [0.1, 0.15) is 50.7 Å². The van der Waals surface area contributed by atoms with Gasteiger partial charge in [-0.15, -0.1) is 11.3 Å². The van der Waals surface area contributed by atoms with Crippen molar-refractivity contribution in [1.29, 1.82) is 0 Å². The molecule has 4 nitrogen and oxygen atoms in total. The van der Waals surface area contributed by atoms with Gasteiger partial charge in [0.2, 0.25) is 5.91 Å². The van der Waals surface area contributed by atoms with Crippen LogP contribution in [0.5, 0.6) is 0 Å². The van der Waals surface area contributed by atoms with Crippen molar-refractivity contribution in [2.75, 3.05) is 23.3 Å². The van der Waals surface area contributed by atoms with E-state index in [1.165, 1.54) is 18.5 Å². The first-order valence-corrected chi connectivity index (χ1v) is 9.89. The summed E-state index contributed by atoms with van der Waals surface area (Å²) in [6.45, 7) is 8.74. The van der Waals surface area contributed by atoms with Gasteiger partial charge < -0.3 is 10.2 Å². The Kier molecular flexibility index (Phi) is 5.42. The lowest BCUT2D eigenvalue weighted by Gasteiger charge is -2.17. The predicted octanol–water partition coefficient (Wildman–Crippen LogP) is 4.61. The van der Waals surface area contributed by atoms with Gasteiger partial charge >= 0.3 is 0 Å². The smallest absolute Gasteiger partial charge is 0.224 e. The minimum Gasteiger partial charge on any atom is -0.372 e. The van der Waals surface area contributed by atoms with Crippen molar-refractivity contribution < 1.29 is 4.79 Å². The molecule has 2 aromatic rings. The molecule has 1 aliphatic heterocycles. The topological polar surface area (TPSA) is 45.2 Å². The van der Waals surface area contributed by atoms with Gasteiger partial charge in [0.1, 0.15) is 0 Å². The highest BCUT2D eigenvalue weighted by molar-refractivity contribution is 7.09. The van der Waals surface area contributed by atoms with Gasteiger partial charge in [-0.05, 0) is 37.1 Å². The highest BCUT2D eigenvalue weighted by atomic mass is 32.1. The lowest BCUT2D eigenvalue weighted by molar-refractivity contribution is -0.116. The van der Waals surface area contributed by atoms with Crippen molar-refractivity contribution in [2.45, 2.75) is 51.9 Å². The van der Waals surface area contributed by atoms with E-state index in [1.807, 2.05) is 12.1 Å². The molecule has 5 heteroatoms. The number of anilines is 2. The maximum Gasteiger partial charge on any atom is 0.224 e. The van der Waals surface area contributed by atoms with Crippen molar-refractivity contribution in [3.63, 3.8) is 0 Å². The number of hydrogen-bond acceptors (Lipinski definition) is 4. The van der Waals surface area contributed by atoms with Gasteiger partial charge in [-0.1, -0.05) is 20.8 Å². The van der Waals surface area contributed by atoms with E-state index in [1.54, 1.807) is 11.3 Å². The second kappa shape index (κ2) is 7.56. The molecule has 3 rings (SSSR count). The summed E-state index contributed by atoms with van der Waals surface area (Å²) in [6.07, 6.45) is 3.70. The maximum absolute atomic E-state index is 12.2. The fourth-order valence-electron chi connectivity index (χ4n) is 2.95. The van der Waals surface area contributed by atoms with Gasteiger partial charge in [0, 0.05) is 48.1 Å². The molecule has 0 aliphatic carbocycles. The Morgan fingerprint density at radius 1 is 1.20 bits per heavy atom. The molecule has 1 amide bonds. The number of aromatic nitrogens is 1. The number of aryl methyl sites for hydroxylation is 1. The van der Waals surface area contributed by atoms with Crippen LogP contribution in [0.15, 0.2) is 29.6 Å². The number of benzene rings is 1. The van der Waals surface area contributed by atoms with Crippen LogP contribution in [-0.2, 0) is 16.6 Å². The average molecular weight is 358 g/mol. The lowest BCUT2D eigenvalue weighted by atomic mass is 9.93. The number of rotatable bonds is 5. The summed E-state index contributed by atoms with van der Waals surface area (Å²) in [5.41, 5.74) is 3.27. The third-order valence-corrected chi connectivity index (χ3v) is 5.42. The molecule has 25 heavy (non-hydrogen) atoms. The van der Waals surface area contributed by atoms with Crippen LogP contribution in [0.3, 0.4) is 0 Å². The standard InChI is InChI=1S/C20H27N3OS/c1-20(2,3)17-14-25-19(22-17)11-10-18(24)21-15-6-8-16(9-7-15)23-12-4-5-13-23/h6-9,14H,4-5,10-13H2,1-3H3,(H,21,24). The van der Waals surface area contributed by atoms with Crippen molar-refractivity contribution >= 4 is 28.6 Å². The van der Waals surface area contributed by atoms with E-state index in [-0.39, 0.29) is 11.3 Å². The van der Waals surface area contributed by atoms with E-state index in [4.69, 9.17) is 0 Å². The molecule has 1 aromatic heterocycles. The zero-order chi connectivity index (χ0) is 17.9. The normalized spacial score (nSPS) is 14.8. The summed E-state index contributed by atoms with van der Waals surface area (Å²) >= 11 is 1.64. The first-order valence-electron chi connectivity index (χ1n) is 9.01. The summed E-state index contributed by atoms with van der Waals surface area (Å²) in [6, 6.07) is 8.17. The summed E-state index contributed by atoms with van der Waals surface area (Å²) in [5, 5.41) is 6.12. The van der Waals surface area contributed by atoms with Gasteiger partial charge in [-0.25, -0.2) is 4.98 Å². The average Bonchev–Trinajstić information content (AvgIpc) is 3.25. The Balaban J connectivity index is 1.49. The lowest BCUT2D eigenvalue weighted by Crippen LogP contribution is -2.17. The highest BCUT2D eigenvalue weighted by Crippen LogP contribution is 2.25. The molecular weight excluding hydrogens is 330 g/mol. The first-order chi connectivity index (χ1) is 11.9. The number of thiazole rings is 1. The summed E-state index contributed by atoms with van der Waals surface area (Å²) < 4.78 is 0. The molecule has 1 aromatic carbocycles. The van der Waals surface area contributed by atoms with Crippen molar-refractivity contribution in [1.82, 2.24) is 4.98 Å². The van der Waals surface area contributed by atoms with E-state index in [0.29, 0.717) is 12.8 Å². The summed E-state index contributed by atoms with van der Waals surface area (Å²) in [5.74, 6) is 0.0430. The van der Waals surface area contributed by atoms with Crippen LogP contribution < -0.4 is 10.2 Å². The van der Waals surface area contributed by atoms with Gasteiger partial charge in [0.15, 0.2) is 0 Å². The zero-order valence-electron chi connectivity index (χ0n) is 15.3. The molecule has 2 heterocycles. The van der Waals surface area contributed by atoms with E-state index >= 15 is 0 Å². The van der Waals surface area contributed by atoms with Crippen molar-refractivity contribution in [2.24, 2.45) is 0 Å². The summed E-state index contributed by atoms with van der Waals surface area (Å²) in [4.78, 5) is 19.2. The SMILES string of the molecule is CC(C)(C)c1csc(CCC(=O)Nc2ccc(N3CCCC3)cc2)n1. The number of carbonyl (C=O) groups excluding carboxylic acids is 1. The first kappa shape index (κ1) is 17.9. The molecule has 0 saturated carbocycles. The molecule has 1 saturated heterocycles. The van der Waals surface area contributed by atoms with Crippen LogP contribution >= 0.6 is 11.3 Å². The van der Waals surface area contributed by atoms with Crippen molar-refractivity contribution in [3.05, 3.63) is 40.3 Å². The van der Waals surface area contributed by atoms with Gasteiger partial charge in [-0.2, -0.15) is 0 Å². The molecule has 0 radical (unpaired) electrons. The van der Waals surface area contributed by atoms with E-state index in [2.05, 4.69) is 53.5 Å². The number of hydrogen-bond donors (Lipinski definition) is 1. The second-order valence-electron chi connectivity index (χ2n) is 7.67. The minimum absolute atomic E-state index is 0.0430. The quantitative estimate of drug-likeness (QED) is 0.850. The predicted molar refractivity (Wildman–Crippen MR) is 106 cm³/mol. The molecule has 1 fully saturated rings. The molecule has 0 bridgehead atoms. The van der Waals surface area contributed by atoms with Gasteiger partial charge in [-0.3, -0.25) is 4.79 Å². The molecule has 0 unspecified atom stereocenters. The number of carbonyl (C=O) groups is 1. The Hall–Kier alpha value is -1.88. The van der Waals surface area contributed by atoms with Crippen LogP contribution in [0, 0.1) is 0 Å². The Morgan fingerprint density at radius 3 is 2.48 bits per heavy atom. The van der Waals surface area contributed by atoms with Crippen molar-refractivity contribution in [3.8, 4) is 0 Å². The fraction of sp³-hybridized carbons (Fsp3) is 0.500. The third-order valence-electron chi connectivity index (χ3n) is 4.51. The number of nitrogens with zero attached hydrogens (tertiary/aromatic N) is 2. The fourth-order valence-corrected chi connectivity index (χ4v) is 3.97. The zero-order valence-corrected chi connectivity index (χ0v) is 16.2. The Bertz CT molecular complexity index is 709. The molecule has 134 valence electrons. The summed E-state index contributed by atoms with van der Waals surface area (Å²) in [7, 11) is 0. The van der Waals surface area contributed by atoms with Crippen LogP contribution in [0.25, 0.3) is 0 Å². The Morgan fingerprint density at radius 2 is 1.88 bits per heavy atom. The van der Waals surface area contributed by atoms with Crippen LogP contribution in [0.4, 0.5) is 11.4 Å². The highest BCUT2D eigenvalue weighted by Gasteiger charge is 2.17. The van der Waals surface area contributed by atoms with E-state index in [9.17, 15) is 4.79 Å². The molecular formula is C20H27N3OS. The minimum atomic E-state index is 0.0430. The molecule has 0 spiro atoms.